The first-order valence-electron chi connectivity index (χ1n) is 9.22. The van der Waals surface area contributed by atoms with Crippen molar-refractivity contribution in [3.05, 3.63) is 0 Å². The van der Waals surface area contributed by atoms with Gasteiger partial charge in [0.05, 0.1) is 0 Å². The third-order valence-corrected chi connectivity index (χ3v) is 5.59. The van der Waals surface area contributed by atoms with Gasteiger partial charge in [0.2, 0.25) is 0 Å². The predicted molar refractivity (Wildman–Crippen MR) is 94.8 cm³/mol. The molecule has 1 aliphatic rings. The second-order valence-electron chi connectivity index (χ2n) is 8.55. The SMILES string of the molecule is CCCNCC1(CN(C)C(C)C(C)(C)C)CCCCCC1. The molecule has 1 unspecified atom stereocenters. The van der Waals surface area contributed by atoms with Crippen LogP contribution in [0, 0.1) is 10.8 Å². The maximum Gasteiger partial charge on any atom is 0.0113 e. The van der Waals surface area contributed by atoms with Crippen molar-refractivity contribution in [2.24, 2.45) is 10.8 Å². The first-order valence-corrected chi connectivity index (χ1v) is 9.22. The maximum absolute atomic E-state index is 3.73. The van der Waals surface area contributed by atoms with Gasteiger partial charge >= 0.3 is 0 Å². The third kappa shape index (κ3) is 6.28. The van der Waals surface area contributed by atoms with Crippen molar-refractivity contribution >= 4 is 0 Å². The van der Waals surface area contributed by atoms with Crippen LogP contribution in [0.3, 0.4) is 0 Å². The summed E-state index contributed by atoms with van der Waals surface area (Å²) in [6.07, 6.45) is 9.78. The molecule has 0 bridgehead atoms. The van der Waals surface area contributed by atoms with E-state index in [2.05, 4.69) is 51.9 Å². The van der Waals surface area contributed by atoms with Crippen LogP contribution >= 0.6 is 0 Å². The summed E-state index contributed by atoms with van der Waals surface area (Å²) in [6, 6.07) is 0.629. The summed E-state index contributed by atoms with van der Waals surface area (Å²) in [6.45, 7) is 15.4. The fourth-order valence-corrected chi connectivity index (χ4v) is 3.73. The normalized spacial score (nSPS) is 21.3. The molecule has 2 nitrogen and oxygen atoms in total. The summed E-state index contributed by atoms with van der Waals surface area (Å²) in [5, 5.41) is 3.73. The molecule has 126 valence electrons. The molecule has 1 rings (SSSR count). The van der Waals surface area contributed by atoms with E-state index in [9.17, 15) is 0 Å². The van der Waals surface area contributed by atoms with Gasteiger partial charge in [-0.25, -0.2) is 0 Å². The standard InChI is InChI=1S/C19H40N2/c1-7-14-20-15-19(12-10-8-9-11-13-19)16-21(6)17(2)18(3,4)5/h17,20H,7-16H2,1-6H3. The number of nitrogens with one attached hydrogen (secondary N) is 1. The van der Waals surface area contributed by atoms with Gasteiger partial charge in [0.15, 0.2) is 0 Å². The van der Waals surface area contributed by atoms with E-state index >= 15 is 0 Å². The van der Waals surface area contributed by atoms with Crippen LogP contribution in [0.5, 0.6) is 0 Å². The van der Waals surface area contributed by atoms with Gasteiger partial charge in [-0.1, -0.05) is 53.4 Å². The Labute approximate surface area is 134 Å². The molecule has 0 aromatic rings. The Balaban J connectivity index is 2.71. The van der Waals surface area contributed by atoms with Crippen LogP contribution in [0.15, 0.2) is 0 Å². The third-order valence-electron chi connectivity index (χ3n) is 5.59. The molecule has 1 atom stereocenters. The first-order chi connectivity index (χ1) is 9.81. The highest BCUT2D eigenvalue weighted by Crippen LogP contribution is 2.36. The molecule has 1 saturated carbocycles. The summed E-state index contributed by atoms with van der Waals surface area (Å²) in [4.78, 5) is 2.62. The molecule has 1 fully saturated rings. The lowest BCUT2D eigenvalue weighted by molar-refractivity contribution is 0.0734. The maximum atomic E-state index is 3.73. The Kier molecular flexibility index (Phi) is 7.70. The van der Waals surface area contributed by atoms with Gasteiger partial charge in [-0.3, -0.25) is 0 Å². The largest absolute Gasteiger partial charge is 0.316 e. The van der Waals surface area contributed by atoms with Gasteiger partial charge in [-0.2, -0.15) is 0 Å². The molecule has 0 aromatic heterocycles. The van der Waals surface area contributed by atoms with Gasteiger partial charge in [-0.15, -0.1) is 0 Å². The van der Waals surface area contributed by atoms with Crippen LogP contribution in [0.25, 0.3) is 0 Å². The zero-order valence-electron chi connectivity index (χ0n) is 15.6. The molecule has 0 amide bonds. The average molecular weight is 297 g/mol. The molecule has 0 aromatic carbocycles. The number of hydrogen-bond donors (Lipinski definition) is 1. The minimum absolute atomic E-state index is 0.359. The Hall–Kier alpha value is -0.0800. The lowest BCUT2D eigenvalue weighted by atomic mass is 9.78. The van der Waals surface area contributed by atoms with Gasteiger partial charge in [0.1, 0.15) is 0 Å². The summed E-state index contributed by atoms with van der Waals surface area (Å²) < 4.78 is 0. The van der Waals surface area contributed by atoms with Crippen molar-refractivity contribution in [1.82, 2.24) is 10.2 Å². The van der Waals surface area contributed by atoms with Crippen LogP contribution in [-0.2, 0) is 0 Å². The zero-order valence-corrected chi connectivity index (χ0v) is 15.6. The van der Waals surface area contributed by atoms with Crippen molar-refractivity contribution in [3.63, 3.8) is 0 Å². The molecular formula is C19H40N2. The quantitative estimate of drug-likeness (QED) is 0.541. The van der Waals surface area contributed by atoms with E-state index < -0.39 is 0 Å². The van der Waals surface area contributed by atoms with Gasteiger partial charge in [0, 0.05) is 19.1 Å². The Morgan fingerprint density at radius 2 is 1.67 bits per heavy atom. The van der Waals surface area contributed by atoms with Crippen molar-refractivity contribution in [3.8, 4) is 0 Å². The lowest BCUT2D eigenvalue weighted by Crippen LogP contribution is -2.48. The molecule has 2 heteroatoms. The fourth-order valence-electron chi connectivity index (χ4n) is 3.73. The highest BCUT2D eigenvalue weighted by molar-refractivity contribution is 4.89. The molecule has 21 heavy (non-hydrogen) atoms. The van der Waals surface area contributed by atoms with Crippen LogP contribution in [-0.4, -0.2) is 37.6 Å². The van der Waals surface area contributed by atoms with Crippen LogP contribution < -0.4 is 5.32 Å². The second kappa shape index (κ2) is 8.53. The van der Waals surface area contributed by atoms with Crippen LogP contribution in [0.1, 0.15) is 79.6 Å². The van der Waals surface area contributed by atoms with Gasteiger partial charge in [0.25, 0.3) is 0 Å². The topological polar surface area (TPSA) is 15.3 Å². The molecule has 1 aliphatic carbocycles. The average Bonchev–Trinajstić information content (AvgIpc) is 2.63. The fraction of sp³-hybridized carbons (Fsp3) is 1.00. The Morgan fingerprint density at radius 3 is 2.14 bits per heavy atom. The van der Waals surface area contributed by atoms with E-state index in [-0.39, 0.29) is 0 Å². The monoisotopic (exact) mass is 296 g/mol. The summed E-state index contributed by atoms with van der Waals surface area (Å²) in [5.74, 6) is 0. The minimum Gasteiger partial charge on any atom is -0.316 e. The minimum atomic E-state index is 0.359. The number of hydrogen-bond acceptors (Lipinski definition) is 2. The molecular weight excluding hydrogens is 256 g/mol. The highest BCUT2D eigenvalue weighted by Gasteiger charge is 2.34. The van der Waals surface area contributed by atoms with E-state index in [0.717, 1.165) is 0 Å². The van der Waals surface area contributed by atoms with E-state index in [1.165, 1.54) is 64.6 Å². The highest BCUT2D eigenvalue weighted by atomic mass is 15.1. The van der Waals surface area contributed by atoms with Crippen molar-refractivity contribution < 1.29 is 0 Å². The molecule has 0 heterocycles. The molecule has 0 saturated heterocycles. The van der Waals surface area contributed by atoms with Crippen molar-refractivity contribution in [1.29, 1.82) is 0 Å². The van der Waals surface area contributed by atoms with Crippen LogP contribution in [0.2, 0.25) is 0 Å². The zero-order chi connectivity index (χ0) is 15.9. The van der Waals surface area contributed by atoms with E-state index in [0.29, 0.717) is 16.9 Å². The smallest absolute Gasteiger partial charge is 0.0113 e. The van der Waals surface area contributed by atoms with Gasteiger partial charge < -0.3 is 10.2 Å². The van der Waals surface area contributed by atoms with Crippen LogP contribution in [0.4, 0.5) is 0 Å². The number of rotatable bonds is 7. The first kappa shape index (κ1) is 19.0. The van der Waals surface area contributed by atoms with E-state index in [4.69, 9.17) is 0 Å². The lowest BCUT2D eigenvalue weighted by Gasteiger charge is -2.43. The van der Waals surface area contributed by atoms with Crippen molar-refractivity contribution in [2.45, 2.75) is 85.6 Å². The summed E-state index contributed by atoms with van der Waals surface area (Å²) in [5.41, 5.74) is 0.859. The number of nitrogens with zero attached hydrogens (tertiary/aromatic N) is 1. The molecule has 0 radical (unpaired) electrons. The Bertz CT molecular complexity index is 272. The summed E-state index contributed by atoms with van der Waals surface area (Å²) in [7, 11) is 2.34. The summed E-state index contributed by atoms with van der Waals surface area (Å²) >= 11 is 0. The predicted octanol–water partition coefficient (Wildman–Crippen LogP) is 4.69. The van der Waals surface area contributed by atoms with Crippen molar-refractivity contribution in [2.75, 3.05) is 26.7 Å². The van der Waals surface area contributed by atoms with E-state index in [1.807, 2.05) is 0 Å². The van der Waals surface area contributed by atoms with Gasteiger partial charge in [-0.05, 0) is 50.6 Å². The molecule has 1 N–H and O–H groups in total. The second-order valence-corrected chi connectivity index (χ2v) is 8.55. The molecule has 0 aliphatic heterocycles. The molecule has 0 spiro atoms. The van der Waals surface area contributed by atoms with E-state index in [1.54, 1.807) is 0 Å². The Morgan fingerprint density at radius 1 is 1.10 bits per heavy atom.